The number of benzene rings is 3. The third kappa shape index (κ3) is 4.87. The molecule has 0 spiro atoms. The number of nitrogens with zero attached hydrogens (tertiary/aromatic N) is 2. The van der Waals surface area contributed by atoms with Gasteiger partial charge in [-0.05, 0) is 72.9 Å². The van der Waals surface area contributed by atoms with E-state index in [0.29, 0.717) is 29.3 Å². The topological polar surface area (TPSA) is 66.6 Å². The summed E-state index contributed by atoms with van der Waals surface area (Å²) in [4.78, 5) is 29.4. The number of piperidine rings is 1. The van der Waals surface area contributed by atoms with Crippen molar-refractivity contribution in [3.8, 4) is 0 Å². The van der Waals surface area contributed by atoms with Crippen molar-refractivity contribution in [3.63, 3.8) is 0 Å². The van der Waals surface area contributed by atoms with Gasteiger partial charge in [-0.1, -0.05) is 36.4 Å². The molecular formula is C31H30F3N3O2. The van der Waals surface area contributed by atoms with E-state index in [4.69, 9.17) is 5.73 Å². The number of fused-ring (bicyclic) bond motifs is 3. The fourth-order valence-corrected chi connectivity index (χ4v) is 6.67. The third-order valence-corrected chi connectivity index (χ3v) is 8.65. The van der Waals surface area contributed by atoms with E-state index in [9.17, 15) is 22.8 Å². The molecule has 2 saturated heterocycles. The molecule has 3 aromatic carbocycles. The van der Waals surface area contributed by atoms with Crippen LogP contribution >= 0.6 is 0 Å². The maximum Gasteiger partial charge on any atom is 0.261 e. The molecule has 3 heterocycles. The predicted octanol–water partition coefficient (Wildman–Crippen LogP) is 5.21. The molecule has 0 radical (unpaired) electrons. The monoisotopic (exact) mass is 533 g/mol. The van der Waals surface area contributed by atoms with Gasteiger partial charge >= 0.3 is 0 Å². The zero-order valence-corrected chi connectivity index (χ0v) is 21.5. The molecule has 2 bridgehead atoms. The standard InChI is InChI=1S/C31H30F3N3O2/c32-26-15-28(34)27(33)13-20(26)14-29(35)21-11-22-8-9-23(12-21)36(22)16-18-4-3-5-19(10-18)17-37-30(38)24-6-1-2-7-25(24)31(37)39/h1-7,10,13,15,21-23,29H,8-9,11-12,14,16-17,35H2/t21?,22-,23+,29-/m1/s1. The third-order valence-electron chi connectivity index (χ3n) is 8.65. The van der Waals surface area contributed by atoms with Crippen molar-refractivity contribution in [2.24, 2.45) is 11.7 Å². The molecule has 1 unspecified atom stereocenters. The summed E-state index contributed by atoms with van der Waals surface area (Å²) in [6.07, 6.45) is 4.03. The number of halogens is 3. The van der Waals surface area contributed by atoms with Crippen molar-refractivity contribution in [1.29, 1.82) is 0 Å². The van der Waals surface area contributed by atoms with E-state index < -0.39 is 17.5 Å². The van der Waals surface area contributed by atoms with Crippen LogP contribution < -0.4 is 5.73 Å². The first-order chi connectivity index (χ1) is 18.8. The minimum atomic E-state index is -1.19. The quantitative estimate of drug-likeness (QED) is 0.334. The number of amides is 2. The van der Waals surface area contributed by atoms with Crippen LogP contribution in [0.2, 0.25) is 0 Å². The van der Waals surface area contributed by atoms with Gasteiger partial charge in [0.25, 0.3) is 11.8 Å². The average molecular weight is 534 g/mol. The van der Waals surface area contributed by atoms with Crippen molar-refractivity contribution in [2.75, 3.05) is 0 Å². The molecule has 8 heteroatoms. The van der Waals surface area contributed by atoms with Crippen LogP contribution in [0.5, 0.6) is 0 Å². The van der Waals surface area contributed by atoms with E-state index in [1.807, 2.05) is 12.1 Å². The summed E-state index contributed by atoms with van der Waals surface area (Å²) in [6, 6.07) is 16.8. The summed E-state index contributed by atoms with van der Waals surface area (Å²) < 4.78 is 41.2. The van der Waals surface area contributed by atoms with E-state index in [1.54, 1.807) is 24.3 Å². The Bertz CT molecular complexity index is 1400. The van der Waals surface area contributed by atoms with Gasteiger partial charge in [0, 0.05) is 30.7 Å². The molecule has 3 aliphatic rings. The average Bonchev–Trinajstić information content (AvgIpc) is 3.28. The molecule has 2 fully saturated rings. The summed E-state index contributed by atoms with van der Waals surface area (Å²) in [5.74, 6) is -3.36. The molecule has 39 heavy (non-hydrogen) atoms. The first-order valence-corrected chi connectivity index (χ1v) is 13.5. The van der Waals surface area contributed by atoms with Crippen LogP contribution in [-0.4, -0.2) is 39.7 Å². The van der Waals surface area contributed by atoms with Crippen molar-refractivity contribution in [2.45, 2.75) is 63.3 Å². The van der Waals surface area contributed by atoms with Gasteiger partial charge < -0.3 is 5.73 Å². The summed E-state index contributed by atoms with van der Waals surface area (Å²) in [6.45, 7) is 0.982. The number of carbonyl (C=O) groups excluding carboxylic acids is 2. The molecule has 202 valence electrons. The van der Waals surface area contributed by atoms with E-state index in [-0.39, 0.29) is 42.3 Å². The van der Waals surface area contributed by atoms with Gasteiger partial charge in [-0.3, -0.25) is 19.4 Å². The van der Waals surface area contributed by atoms with Crippen LogP contribution in [-0.2, 0) is 19.5 Å². The van der Waals surface area contributed by atoms with Crippen molar-refractivity contribution in [1.82, 2.24) is 9.80 Å². The molecule has 0 aromatic heterocycles. The van der Waals surface area contributed by atoms with Gasteiger partial charge in [0.05, 0.1) is 17.7 Å². The minimum absolute atomic E-state index is 0.117. The summed E-state index contributed by atoms with van der Waals surface area (Å²) in [5, 5.41) is 0. The molecule has 5 nitrogen and oxygen atoms in total. The molecule has 2 N–H and O–H groups in total. The van der Waals surface area contributed by atoms with E-state index in [2.05, 4.69) is 17.0 Å². The molecule has 2 amide bonds. The summed E-state index contributed by atoms with van der Waals surface area (Å²) >= 11 is 0. The van der Waals surface area contributed by atoms with Crippen LogP contribution in [0, 0.1) is 23.4 Å². The lowest BCUT2D eigenvalue weighted by Gasteiger charge is -2.41. The second-order valence-corrected chi connectivity index (χ2v) is 11.1. The maximum absolute atomic E-state index is 14.2. The smallest absolute Gasteiger partial charge is 0.261 e. The summed E-state index contributed by atoms with van der Waals surface area (Å²) in [7, 11) is 0. The Morgan fingerprint density at radius 1 is 0.769 bits per heavy atom. The number of imide groups is 1. The molecule has 6 rings (SSSR count). The van der Waals surface area contributed by atoms with Crippen molar-refractivity contribution in [3.05, 3.63) is 106 Å². The normalized spacial score (nSPS) is 23.4. The first-order valence-electron chi connectivity index (χ1n) is 13.5. The van der Waals surface area contributed by atoms with Crippen LogP contribution in [0.25, 0.3) is 0 Å². The number of hydrogen-bond donors (Lipinski definition) is 1. The van der Waals surface area contributed by atoms with Crippen molar-refractivity contribution >= 4 is 11.8 Å². The highest BCUT2D eigenvalue weighted by atomic mass is 19.2. The minimum Gasteiger partial charge on any atom is -0.327 e. The lowest BCUT2D eigenvalue weighted by molar-refractivity contribution is 0.0642. The van der Waals surface area contributed by atoms with E-state index in [1.165, 1.54) is 4.90 Å². The van der Waals surface area contributed by atoms with Gasteiger partial charge in [-0.2, -0.15) is 0 Å². The first kappa shape index (κ1) is 25.8. The Hall–Kier alpha value is -3.49. The van der Waals surface area contributed by atoms with E-state index in [0.717, 1.165) is 49.4 Å². The van der Waals surface area contributed by atoms with E-state index >= 15 is 0 Å². The molecule has 3 aliphatic heterocycles. The lowest BCUT2D eigenvalue weighted by Crippen LogP contribution is -2.47. The second-order valence-electron chi connectivity index (χ2n) is 11.1. The molecule has 4 atom stereocenters. The van der Waals surface area contributed by atoms with Gasteiger partial charge in [0.1, 0.15) is 5.82 Å². The zero-order valence-electron chi connectivity index (χ0n) is 21.5. The Morgan fingerprint density at radius 3 is 2.00 bits per heavy atom. The molecular weight excluding hydrogens is 503 g/mol. The lowest BCUT2D eigenvalue weighted by atomic mass is 9.82. The van der Waals surface area contributed by atoms with Gasteiger partial charge in [-0.15, -0.1) is 0 Å². The van der Waals surface area contributed by atoms with Crippen LogP contribution in [0.4, 0.5) is 13.2 Å². The fraction of sp³-hybridized carbons (Fsp3) is 0.355. The van der Waals surface area contributed by atoms with Crippen LogP contribution in [0.1, 0.15) is 63.1 Å². The number of carbonyl (C=O) groups is 2. The number of nitrogens with two attached hydrogens (primary N) is 1. The molecule has 0 saturated carbocycles. The Labute approximate surface area is 225 Å². The Kier molecular flexibility index (Phi) is 6.77. The highest BCUT2D eigenvalue weighted by Crippen LogP contribution is 2.41. The SMILES string of the molecule is N[C@H](Cc1cc(F)c(F)cc1F)C1C[C@H]2CC[C@@H](C1)N2Cc1cccc(CN2C(=O)c3ccccc3C2=O)c1. The molecule has 3 aromatic rings. The largest absolute Gasteiger partial charge is 0.327 e. The Morgan fingerprint density at radius 2 is 1.36 bits per heavy atom. The highest BCUT2D eigenvalue weighted by Gasteiger charge is 2.42. The molecule has 0 aliphatic carbocycles. The maximum atomic E-state index is 14.2. The van der Waals surface area contributed by atoms with Gasteiger partial charge in [-0.25, -0.2) is 13.2 Å². The number of rotatable bonds is 7. The second kappa shape index (κ2) is 10.2. The van der Waals surface area contributed by atoms with Gasteiger partial charge in [0.15, 0.2) is 11.6 Å². The number of hydrogen-bond acceptors (Lipinski definition) is 4. The van der Waals surface area contributed by atoms with Crippen molar-refractivity contribution < 1.29 is 22.8 Å². The Balaban J connectivity index is 1.10. The van der Waals surface area contributed by atoms with Gasteiger partial charge in [0.2, 0.25) is 0 Å². The van der Waals surface area contributed by atoms with Crippen LogP contribution in [0.3, 0.4) is 0 Å². The van der Waals surface area contributed by atoms with Crippen LogP contribution in [0.15, 0.2) is 60.7 Å². The fourth-order valence-electron chi connectivity index (χ4n) is 6.67. The predicted molar refractivity (Wildman–Crippen MR) is 140 cm³/mol. The zero-order chi connectivity index (χ0) is 27.3. The summed E-state index contributed by atoms with van der Waals surface area (Å²) in [5.41, 5.74) is 9.51. The highest BCUT2D eigenvalue weighted by molar-refractivity contribution is 6.21.